The zero-order valence-electron chi connectivity index (χ0n) is 11.8. The number of benzene rings is 2. The van der Waals surface area contributed by atoms with Gasteiger partial charge in [-0.1, -0.05) is 33.6 Å². The van der Waals surface area contributed by atoms with Crippen molar-refractivity contribution < 1.29 is 4.74 Å². The average Bonchev–Trinajstić information content (AvgIpc) is 2.42. The Morgan fingerprint density at radius 2 is 1.95 bits per heavy atom. The zero-order chi connectivity index (χ0) is 14.7. The van der Waals surface area contributed by atoms with E-state index in [2.05, 4.69) is 27.3 Å². The van der Waals surface area contributed by atoms with Crippen molar-refractivity contribution in [2.75, 3.05) is 12.4 Å². The summed E-state index contributed by atoms with van der Waals surface area (Å²) < 4.78 is 7.03. The van der Waals surface area contributed by atoms with E-state index in [4.69, 9.17) is 16.3 Å². The van der Waals surface area contributed by atoms with Crippen LogP contribution in [0, 0.1) is 13.8 Å². The molecule has 0 unspecified atom stereocenters. The number of rotatable bonds is 4. The Labute approximate surface area is 133 Å². The maximum atomic E-state index is 6.24. The van der Waals surface area contributed by atoms with Crippen LogP contribution in [0.2, 0.25) is 5.02 Å². The normalized spacial score (nSPS) is 10.4. The van der Waals surface area contributed by atoms with Crippen molar-refractivity contribution in [1.82, 2.24) is 0 Å². The standard InChI is InChI=1S/C16H17BrClNO/c1-10-8-16(11(2)7-13(10)17)20-9-12-14(18)5-4-6-15(12)19-3/h4-8,19H,9H2,1-3H3. The highest BCUT2D eigenvalue weighted by Crippen LogP contribution is 2.29. The summed E-state index contributed by atoms with van der Waals surface area (Å²) in [6.07, 6.45) is 0. The molecule has 0 atom stereocenters. The molecule has 2 aromatic carbocycles. The number of nitrogens with one attached hydrogen (secondary N) is 1. The van der Waals surface area contributed by atoms with Gasteiger partial charge in [-0.15, -0.1) is 0 Å². The largest absolute Gasteiger partial charge is 0.488 e. The van der Waals surface area contributed by atoms with Crippen molar-refractivity contribution in [2.45, 2.75) is 20.5 Å². The SMILES string of the molecule is CNc1cccc(Cl)c1COc1cc(C)c(Br)cc1C. The summed E-state index contributed by atoms with van der Waals surface area (Å²) in [5, 5.41) is 3.85. The lowest BCUT2D eigenvalue weighted by Gasteiger charge is -2.14. The fourth-order valence-corrected chi connectivity index (χ4v) is 2.69. The van der Waals surface area contributed by atoms with Crippen LogP contribution in [-0.4, -0.2) is 7.05 Å². The molecule has 0 aliphatic heterocycles. The molecule has 0 radical (unpaired) electrons. The second kappa shape index (κ2) is 6.51. The molecule has 2 aromatic rings. The summed E-state index contributed by atoms with van der Waals surface area (Å²) in [7, 11) is 1.88. The first kappa shape index (κ1) is 15.2. The fourth-order valence-electron chi connectivity index (χ4n) is 2.00. The first-order valence-electron chi connectivity index (χ1n) is 6.37. The van der Waals surface area contributed by atoms with Gasteiger partial charge in [0.05, 0.1) is 0 Å². The predicted molar refractivity (Wildman–Crippen MR) is 88.9 cm³/mol. The molecule has 4 heteroatoms. The van der Waals surface area contributed by atoms with E-state index in [1.54, 1.807) is 0 Å². The third-order valence-electron chi connectivity index (χ3n) is 3.22. The molecule has 0 saturated heterocycles. The van der Waals surface area contributed by atoms with Gasteiger partial charge in [0.1, 0.15) is 12.4 Å². The minimum atomic E-state index is 0.442. The molecule has 1 N–H and O–H groups in total. The molecule has 0 bridgehead atoms. The van der Waals surface area contributed by atoms with Crippen LogP contribution in [0.5, 0.6) is 5.75 Å². The lowest BCUT2D eigenvalue weighted by Crippen LogP contribution is -2.02. The summed E-state index contributed by atoms with van der Waals surface area (Å²) in [6.45, 7) is 4.52. The van der Waals surface area contributed by atoms with Gasteiger partial charge in [0, 0.05) is 27.8 Å². The Kier molecular flexibility index (Phi) is 4.95. The van der Waals surface area contributed by atoms with E-state index < -0.39 is 0 Å². The van der Waals surface area contributed by atoms with Gasteiger partial charge in [-0.25, -0.2) is 0 Å². The van der Waals surface area contributed by atoms with E-state index in [9.17, 15) is 0 Å². The van der Waals surface area contributed by atoms with E-state index in [0.717, 1.165) is 32.6 Å². The van der Waals surface area contributed by atoms with Crippen molar-refractivity contribution in [3.8, 4) is 5.75 Å². The summed E-state index contributed by atoms with van der Waals surface area (Å²) >= 11 is 9.77. The Morgan fingerprint density at radius 1 is 1.20 bits per heavy atom. The minimum absolute atomic E-state index is 0.442. The van der Waals surface area contributed by atoms with E-state index in [-0.39, 0.29) is 0 Å². The fraction of sp³-hybridized carbons (Fsp3) is 0.250. The quantitative estimate of drug-likeness (QED) is 0.800. The lowest BCUT2D eigenvalue weighted by atomic mass is 10.1. The highest BCUT2D eigenvalue weighted by molar-refractivity contribution is 9.10. The van der Waals surface area contributed by atoms with Crippen LogP contribution in [0.4, 0.5) is 5.69 Å². The van der Waals surface area contributed by atoms with Crippen molar-refractivity contribution in [1.29, 1.82) is 0 Å². The van der Waals surface area contributed by atoms with Gasteiger partial charge in [-0.3, -0.25) is 0 Å². The van der Waals surface area contributed by atoms with Crippen molar-refractivity contribution in [3.05, 3.63) is 56.5 Å². The average molecular weight is 355 g/mol. The Morgan fingerprint density at radius 3 is 2.65 bits per heavy atom. The molecule has 106 valence electrons. The smallest absolute Gasteiger partial charge is 0.123 e. The van der Waals surface area contributed by atoms with Crippen LogP contribution in [-0.2, 0) is 6.61 Å². The molecule has 0 fully saturated rings. The second-order valence-electron chi connectivity index (χ2n) is 4.67. The van der Waals surface area contributed by atoms with E-state index >= 15 is 0 Å². The van der Waals surface area contributed by atoms with Gasteiger partial charge in [0.25, 0.3) is 0 Å². The number of hydrogen-bond acceptors (Lipinski definition) is 2. The molecule has 0 saturated carbocycles. The molecule has 0 aliphatic rings. The number of halogens is 2. The Bertz CT molecular complexity index is 628. The molecular weight excluding hydrogens is 338 g/mol. The van der Waals surface area contributed by atoms with Gasteiger partial charge in [0.15, 0.2) is 0 Å². The summed E-state index contributed by atoms with van der Waals surface area (Å²) in [5.41, 5.74) is 4.21. The molecule has 0 amide bonds. The van der Waals surface area contributed by atoms with Gasteiger partial charge in [-0.05, 0) is 49.2 Å². The Hall–Kier alpha value is -1.19. The first-order chi connectivity index (χ1) is 9.52. The van der Waals surface area contributed by atoms with Crippen LogP contribution in [0.25, 0.3) is 0 Å². The van der Waals surface area contributed by atoms with Crippen LogP contribution in [0.1, 0.15) is 16.7 Å². The summed E-state index contributed by atoms with van der Waals surface area (Å²) in [6, 6.07) is 9.89. The highest BCUT2D eigenvalue weighted by atomic mass is 79.9. The monoisotopic (exact) mass is 353 g/mol. The topological polar surface area (TPSA) is 21.3 Å². The van der Waals surface area contributed by atoms with Crippen LogP contribution >= 0.6 is 27.5 Å². The van der Waals surface area contributed by atoms with Crippen molar-refractivity contribution >= 4 is 33.2 Å². The van der Waals surface area contributed by atoms with Gasteiger partial charge in [-0.2, -0.15) is 0 Å². The van der Waals surface area contributed by atoms with E-state index in [1.165, 1.54) is 0 Å². The number of hydrogen-bond donors (Lipinski definition) is 1. The van der Waals surface area contributed by atoms with Crippen LogP contribution in [0.15, 0.2) is 34.8 Å². The van der Waals surface area contributed by atoms with Crippen molar-refractivity contribution in [3.63, 3.8) is 0 Å². The maximum Gasteiger partial charge on any atom is 0.123 e. The molecule has 20 heavy (non-hydrogen) atoms. The van der Waals surface area contributed by atoms with E-state index in [1.807, 2.05) is 45.2 Å². The molecule has 2 rings (SSSR count). The molecule has 0 aromatic heterocycles. The molecule has 2 nitrogen and oxygen atoms in total. The summed E-state index contributed by atoms with van der Waals surface area (Å²) in [4.78, 5) is 0. The van der Waals surface area contributed by atoms with Crippen LogP contribution in [0.3, 0.4) is 0 Å². The number of ether oxygens (including phenoxy) is 1. The van der Waals surface area contributed by atoms with Crippen LogP contribution < -0.4 is 10.1 Å². The maximum absolute atomic E-state index is 6.24. The lowest BCUT2D eigenvalue weighted by molar-refractivity contribution is 0.304. The number of aryl methyl sites for hydroxylation is 2. The molecule has 0 aliphatic carbocycles. The Balaban J connectivity index is 2.23. The highest BCUT2D eigenvalue weighted by Gasteiger charge is 2.09. The molecule has 0 heterocycles. The third-order valence-corrected chi connectivity index (χ3v) is 4.42. The second-order valence-corrected chi connectivity index (χ2v) is 5.93. The van der Waals surface area contributed by atoms with Gasteiger partial charge >= 0.3 is 0 Å². The minimum Gasteiger partial charge on any atom is -0.488 e. The van der Waals surface area contributed by atoms with E-state index in [0.29, 0.717) is 11.6 Å². The predicted octanol–water partition coefficient (Wildman–Crippen LogP) is 5.34. The summed E-state index contributed by atoms with van der Waals surface area (Å²) in [5.74, 6) is 0.882. The third kappa shape index (κ3) is 3.28. The first-order valence-corrected chi connectivity index (χ1v) is 7.54. The molecule has 0 spiro atoms. The van der Waals surface area contributed by atoms with Crippen molar-refractivity contribution in [2.24, 2.45) is 0 Å². The van der Waals surface area contributed by atoms with Gasteiger partial charge in [0.2, 0.25) is 0 Å². The van der Waals surface area contributed by atoms with Gasteiger partial charge < -0.3 is 10.1 Å². The molecular formula is C16H17BrClNO. The number of anilines is 1. The zero-order valence-corrected chi connectivity index (χ0v) is 14.1.